The summed E-state index contributed by atoms with van der Waals surface area (Å²) in [6.07, 6.45) is 8.60. The summed E-state index contributed by atoms with van der Waals surface area (Å²) >= 11 is 0. The summed E-state index contributed by atoms with van der Waals surface area (Å²) in [5.74, 6) is 0.338. The van der Waals surface area contributed by atoms with Gasteiger partial charge in [-0.3, -0.25) is 4.57 Å². The van der Waals surface area contributed by atoms with E-state index in [1.807, 2.05) is 26.8 Å². The van der Waals surface area contributed by atoms with Crippen LogP contribution in [0.4, 0.5) is 0 Å². The fraction of sp³-hybridized carbons (Fsp3) is 0.833. The van der Waals surface area contributed by atoms with Gasteiger partial charge in [-0.05, 0) is 38.5 Å². The zero-order valence-corrected chi connectivity index (χ0v) is 16.1. The van der Waals surface area contributed by atoms with Gasteiger partial charge in [-0.15, -0.1) is 0 Å². The predicted molar refractivity (Wildman–Crippen MR) is 95.1 cm³/mol. The van der Waals surface area contributed by atoms with Crippen molar-refractivity contribution in [3.63, 3.8) is 0 Å². The molecule has 1 aliphatic rings. The van der Waals surface area contributed by atoms with Crippen LogP contribution in [0.5, 0.6) is 0 Å². The van der Waals surface area contributed by atoms with Crippen LogP contribution in [0.25, 0.3) is 0 Å². The first kappa shape index (κ1) is 20.4. The molecule has 1 fully saturated rings. The molecule has 0 aromatic heterocycles. The molecule has 0 bridgehead atoms. The number of allylic oxidation sites excluding steroid dienone is 1. The number of rotatable bonds is 9. The van der Waals surface area contributed by atoms with Crippen LogP contribution < -0.4 is 0 Å². The van der Waals surface area contributed by atoms with Crippen LogP contribution in [-0.4, -0.2) is 31.5 Å². The maximum Gasteiger partial charge on any atom is 0.334 e. The Morgan fingerprint density at radius 2 is 1.83 bits per heavy atom. The maximum atomic E-state index is 13.1. The molecule has 4 nitrogen and oxygen atoms in total. The quantitative estimate of drug-likeness (QED) is 0.334. The highest BCUT2D eigenvalue weighted by molar-refractivity contribution is 7.59. The van der Waals surface area contributed by atoms with Gasteiger partial charge in [0.2, 0.25) is 7.37 Å². The summed E-state index contributed by atoms with van der Waals surface area (Å²) in [7, 11) is -2.85. The third-order valence-corrected chi connectivity index (χ3v) is 6.88. The monoisotopic (exact) mass is 344 g/mol. The first-order valence-corrected chi connectivity index (χ1v) is 11.0. The van der Waals surface area contributed by atoms with Crippen LogP contribution in [0.2, 0.25) is 0 Å². The van der Waals surface area contributed by atoms with E-state index in [-0.39, 0.29) is 18.0 Å². The standard InChI is InChI=1S/C18H33O4P/c1-5-21-18(19)17(12-16-10-8-7-9-11-16)14-23(20,22-6-2)13-15(3)4/h12,15-16H,5-11,13-14H2,1-4H3/b17-12-. The topological polar surface area (TPSA) is 52.6 Å². The zero-order chi connectivity index (χ0) is 17.3. The van der Waals surface area contributed by atoms with Gasteiger partial charge in [0.1, 0.15) is 0 Å². The molecule has 0 amide bonds. The summed E-state index contributed by atoms with van der Waals surface area (Å²) in [6.45, 7) is 8.45. The molecule has 23 heavy (non-hydrogen) atoms. The SMILES string of the molecule is CCOC(=O)/C(=C\C1CCCCC1)CP(=O)(CC(C)C)OCC. The van der Waals surface area contributed by atoms with Crippen molar-refractivity contribution in [2.24, 2.45) is 11.8 Å². The molecule has 0 heterocycles. The van der Waals surface area contributed by atoms with E-state index in [9.17, 15) is 9.36 Å². The minimum absolute atomic E-state index is 0.203. The lowest BCUT2D eigenvalue weighted by Gasteiger charge is -2.23. The summed E-state index contributed by atoms with van der Waals surface area (Å²) in [6, 6.07) is 0. The largest absolute Gasteiger partial charge is 0.463 e. The molecule has 5 heteroatoms. The fourth-order valence-electron chi connectivity index (χ4n) is 3.21. The van der Waals surface area contributed by atoms with Gasteiger partial charge >= 0.3 is 5.97 Å². The fourth-order valence-corrected chi connectivity index (χ4v) is 5.87. The van der Waals surface area contributed by atoms with Crippen molar-refractivity contribution in [2.75, 3.05) is 25.5 Å². The second-order valence-electron chi connectivity index (χ2n) is 6.78. The minimum atomic E-state index is -2.85. The van der Waals surface area contributed by atoms with E-state index in [1.165, 1.54) is 19.3 Å². The maximum absolute atomic E-state index is 13.1. The van der Waals surface area contributed by atoms with Gasteiger partial charge in [0.05, 0.1) is 19.4 Å². The Labute approximate surface area is 141 Å². The van der Waals surface area contributed by atoms with Crippen LogP contribution >= 0.6 is 7.37 Å². The van der Waals surface area contributed by atoms with Crippen molar-refractivity contribution >= 4 is 13.3 Å². The molecule has 0 spiro atoms. The molecule has 0 aliphatic heterocycles. The van der Waals surface area contributed by atoms with E-state index in [4.69, 9.17) is 9.26 Å². The molecule has 134 valence electrons. The molecule has 1 unspecified atom stereocenters. The molecular weight excluding hydrogens is 311 g/mol. The van der Waals surface area contributed by atoms with Crippen molar-refractivity contribution in [1.29, 1.82) is 0 Å². The van der Waals surface area contributed by atoms with Gasteiger partial charge in [0.15, 0.2) is 0 Å². The lowest BCUT2D eigenvalue weighted by atomic mass is 9.88. The molecule has 0 N–H and O–H groups in total. The van der Waals surface area contributed by atoms with E-state index in [0.717, 1.165) is 12.8 Å². The van der Waals surface area contributed by atoms with Gasteiger partial charge in [-0.1, -0.05) is 39.2 Å². The third kappa shape index (κ3) is 7.67. The van der Waals surface area contributed by atoms with Crippen molar-refractivity contribution in [3.8, 4) is 0 Å². The van der Waals surface area contributed by atoms with Gasteiger partial charge in [-0.2, -0.15) is 0 Å². The second-order valence-corrected chi connectivity index (χ2v) is 9.35. The highest BCUT2D eigenvalue weighted by Crippen LogP contribution is 2.50. The number of hydrogen-bond acceptors (Lipinski definition) is 4. The second kappa shape index (κ2) is 10.3. The Balaban J connectivity index is 2.94. The van der Waals surface area contributed by atoms with Gasteiger partial charge in [0, 0.05) is 11.7 Å². The Hall–Kier alpha value is -0.600. The van der Waals surface area contributed by atoms with Crippen LogP contribution in [0.15, 0.2) is 11.6 Å². The van der Waals surface area contributed by atoms with E-state index >= 15 is 0 Å². The van der Waals surface area contributed by atoms with Crippen molar-refractivity contribution < 1.29 is 18.6 Å². The Bertz CT molecular complexity index is 436. The summed E-state index contributed by atoms with van der Waals surface area (Å²) in [4.78, 5) is 12.3. The zero-order valence-electron chi connectivity index (χ0n) is 15.2. The third-order valence-electron chi connectivity index (χ3n) is 4.04. The van der Waals surface area contributed by atoms with E-state index in [0.29, 0.717) is 30.9 Å². The van der Waals surface area contributed by atoms with Crippen molar-refractivity contribution in [1.82, 2.24) is 0 Å². The van der Waals surface area contributed by atoms with Crippen molar-refractivity contribution in [2.45, 2.75) is 59.8 Å². The normalized spacial score (nSPS) is 19.6. The summed E-state index contributed by atoms with van der Waals surface area (Å²) in [5.41, 5.74) is 0.552. The molecule has 1 atom stereocenters. The van der Waals surface area contributed by atoms with Crippen molar-refractivity contribution in [3.05, 3.63) is 11.6 Å². The van der Waals surface area contributed by atoms with Gasteiger partial charge in [-0.25, -0.2) is 4.79 Å². The van der Waals surface area contributed by atoms with Crippen LogP contribution in [-0.2, 0) is 18.6 Å². The molecule has 1 rings (SSSR count). The first-order chi connectivity index (χ1) is 10.9. The molecule has 0 saturated heterocycles. The number of carbonyl (C=O) groups excluding carboxylic acids is 1. The van der Waals surface area contributed by atoms with Gasteiger partial charge < -0.3 is 9.26 Å². The van der Waals surface area contributed by atoms with Gasteiger partial charge in [0.25, 0.3) is 0 Å². The highest BCUT2D eigenvalue weighted by Gasteiger charge is 2.29. The van der Waals surface area contributed by atoms with E-state index in [2.05, 4.69) is 0 Å². The average Bonchev–Trinajstić information content (AvgIpc) is 2.47. The molecule has 0 aromatic carbocycles. The predicted octanol–water partition coefficient (Wildman–Crippen LogP) is 5.03. The Morgan fingerprint density at radius 3 is 2.35 bits per heavy atom. The molecular formula is C18H33O4P. The Morgan fingerprint density at radius 1 is 1.17 bits per heavy atom. The average molecular weight is 344 g/mol. The smallest absolute Gasteiger partial charge is 0.334 e. The minimum Gasteiger partial charge on any atom is -0.463 e. The van der Waals surface area contributed by atoms with Crippen LogP contribution in [0.3, 0.4) is 0 Å². The summed E-state index contributed by atoms with van der Waals surface area (Å²) in [5, 5.41) is 0. The molecule has 1 aliphatic carbocycles. The summed E-state index contributed by atoms with van der Waals surface area (Å²) < 4.78 is 23.9. The number of carbonyl (C=O) groups is 1. The van der Waals surface area contributed by atoms with Crippen LogP contribution in [0, 0.1) is 11.8 Å². The highest BCUT2D eigenvalue weighted by atomic mass is 31.2. The molecule has 0 aromatic rings. The Kier molecular flexibility index (Phi) is 9.16. The number of ether oxygens (including phenoxy) is 1. The number of hydrogen-bond donors (Lipinski definition) is 0. The lowest BCUT2D eigenvalue weighted by Crippen LogP contribution is -2.16. The van der Waals surface area contributed by atoms with Crippen LogP contribution in [0.1, 0.15) is 59.8 Å². The number of esters is 1. The van der Waals surface area contributed by atoms with E-state index in [1.54, 1.807) is 6.92 Å². The van der Waals surface area contributed by atoms with E-state index < -0.39 is 7.37 Å². The lowest BCUT2D eigenvalue weighted by molar-refractivity contribution is -0.138. The first-order valence-electron chi connectivity index (χ1n) is 9.00. The molecule has 1 saturated carbocycles. The molecule has 0 radical (unpaired) electrons.